The molecule has 8 heteroatoms. The number of fused-ring (bicyclic) bond motifs is 2. The van der Waals surface area contributed by atoms with E-state index in [9.17, 15) is 4.79 Å². The highest BCUT2D eigenvalue weighted by atomic mass is 32.1. The maximum atomic E-state index is 12.5. The van der Waals surface area contributed by atoms with Crippen LogP contribution < -0.4 is 5.32 Å². The van der Waals surface area contributed by atoms with E-state index in [4.69, 9.17) is 0 Å². The van der Waals surface area contributed by atoms with Crippen LogP contribution in [0.3, 0.4) is 0 Å². The number of nitrogens with one attached hydrogen (secondary N) is 1. The Hall–Kier alpha value is -1.51. The van der Waals surface area contributed by atoms with E-state index in [-0.39, 0.29) is 6.03 Å². The van der Waals surface area contributed by atoms with Crippen molar-refractivity contribution in [3.63, 3.8) is 0 Å². The first kappa shape index (κ1) is 15.0. The van der Waals surface area contributed by atoms with Gasteiger partial charge >= 0.3 is 6.03 Å². The van der Waals surface area contributed by atoms with Gasteiger partial charge in [-0.15, -0.1) is 10.2 Å². The standard InChI is InChI=1S/C15H19N5OS2/c1-19-11-2-3-12(19)8-20(6-4-11)15(21)16-14-18-17-13(23-14)10-5-7-22-9-10/h5,7,9,11-12H,2-4,6,8H2,1H3,(H,16,18,21)/t11-,12-/m0/s1. The first-order valence-corrected chi connectivity index (χ1v) is 9.60. The predicted molar refractivity (Wildman–Crippen MR) is 93.0 cm³/mol. The third kappa shape index (κ3) is 2.98. The zero-order valence-electron chi connectivity index (χ0n) is 12.9. The van der Waals surface area contributed by atoms with Gasteiger partial charge in [-0.3, -0.25) is 10.2 Å². The zero-order chi connectivity index (χ0) is 15.8. The van der Waals surface area contributed by atoms with Crippen LogP contribution in [0.25, 0.3) is 10.6 Å². The number of hydrogen-bond donors (Lipinski definition) is 1. The second-order valence-electron chi connectivity index (χ2n) is 6.14. The third-order valence-corrected chi connectivity index (χ3v) is 6.41. The van der Waals surface area contributed by atoms with Crippen molar-refractivity contribution >= 4 is 33.8 Å². The van der Waals surface area contributed by atoms with Crippen molar-refractivity contribution in [3.05, 3.63) is 16.8 Å². The number of likely N-dealkylation sites (N-methyl/N-ethyl adjacent to an activating group) is 1. The molecule has 122 valence electrons. The highest BCUT2D eigenvalue weighted by Gasteiger charge is 2.36. The summed E-state index contributed by atoms with van der Waals surface area (Å²) in [5, 5.41) is 16.6. The van der Waals surface area contributed by atoms with E-state index in [1.807, 2.05) is 21.7 Å². The molecular formula is C15H19N5OS2. The van der Waals surface area contributed by atoms with Crippen LogP contribution in [-0.2, 0) is 0 Å². The molecule has 0 radical (unpaired) electrons. The van der Waals surface area contributed by atoms with E-state index in [0.29, 0.717) is 17.2 Å². The Morgan fingerprint density at radius 3 is 3.00 bits per heavy atom. The number of anilines is 1. The Morgan fingerprint density at radius 2 is 2.17 bits per heavy atom. The van der Waals surface area contributed by atoms with E-state index in [1.165, 1.54) is 24.2 Å². The maximum Gasteiger partial charge on any atom is 0.323 e. The molecule has 2 saturated heterocycles. The van der Waals surface area contributed by atoms with E-state index in [0.717, 1.165) is 30.1 Å². The van der Waals surface area contributed by atoms with Gasteiger partial charge in [0, 0.05) is 36.1 Å². The minimum atomic E-state index is -0.0565. The number of likely N-dealkylation sites (tertiary alicyclic amines) is 1. The molecule has 2 amide bonds. The molecule has 2 fully saturated rings. The molecule has 0 aromatic carbocycles. The minimum Gasteiger partial charge on any atom is -0.323 e. The molecule has 0 unspecified atom stereocenters. The van der Waals surface area contributed by atoms with Crippen LogP contribution in [0, 0.1) is 0 Å². The second-order valence-corrected chi connectivity index (χ2v) is 7.90. The van der Waals surface area contributed by atoms with E-state index < -0.39 is 0 Å². The maximum absolute atomic E-state index is 12.5. The molecule has 2 aromatic heterocycles. The molecule has 2 aromatic rings. The Labute approximate surface area is 143 Å². The van der Waals surface area contributed by atoms with Crippen LogP contribution in [-0.4, -0.2) is 58.2 Å². The van der Waals surface area contributed by atoms with Crippen molar-refractivity contribution < 1.29 is 4.79 Å². The van der Waals surface area contributed by atoms with E-state index in [1.54, 1.807) is 11.3 Å². The molecule has 2 aliphatic rings. The SMILES string of the molecule is CN1[C@H]2CC[C@H]1CN(C(=O)Nc1nnc(-c3ccsc3)s1)CC2. The van der Waals surface area contributed by atoms with Gasteiger partial charge in [-0.25, -0.2) is 4.79 Å². The van der Waals surface area contributed by atoms with Crippen molar-refractivity contribution in [2.75, 3.05) is 25.5 Å². The number of thiophene rings is 1. The number of hydrogen-bond acceptors (Lipinski definition) is 6. The van der Waals surface area contributed by atoms with Gasteiger partial charge in [0.15, 0.2) is 0 Å². The van der Waals surface area contributed by atoms with Crippen LogP contribution >= 0.6 is 22.7 Å². The molecular weight excluding hydrogens is 330 g/mol. The van der Waals surface area contributed by atoms with Gasteiger partial charge in [0.2, 0.25) is 5.13 Å². The van der Waals surface area contributed by atoms with Crippen LogP contribution in [0.4, 0.5) is 9.93 Å². The fourth-order valence-corrected chi connectivity index (χ4v) is 4.89. The molecule has 0 saturated carbocycles. The second kappa shape index (κ2) is 6.18. The summed E-state index contributed by atoms with van der Waals surface area (Å²) in [7, 11) is 2.18. The molecule has 23 heavy (non-hydrogen) atoms. The topological polar surface area (TPSA) is 61.4 Å². The van der Waals surface area contributed by atoms with Crippen molar-refractivity contribution in [1.82, 2.24) is 20.0 Å². The lowest BCUT2D eigenvalue weighted by Gasteiger charge is -2.25. The number of rotatable bonds is 2. The summed E-state index contributed by atoms with van der Waals surface area (Å²) >= 11 is 3.05. The quantitative estimate of drug-likeness (QED) is 0.905. The number of aromatic nitrogens is 2. The fourth-order valence-electron chi connectivity index (χ4n) is 3.44. The Balaban J connectivity index is 1.42. The molecule has 0 spiro atoms. The summed E-state index contributed by atoms with van der Waals surface area (Å²) in [5.41, 5.74) is 1.06. The van der Waals surface area contributed by atoms with Gasteiger partial charge in [0.1, 0.15) is 5.01 Å². The first-order chi connectivity index (χ1) is 11.2. The van der Waals surface area contributed by atoms with Gasteiger partial charge in [-0.05, 0) is 37.8 Å². The highest BCUT2D eigenvalue weighted by Crippen LogP contribution is 2.30. The van der Waals surface area contributed by atoms with Crippen molar-refractivity contribution in [2.24, 2.45) is 0 Å². The number of amides is 2. The van der Waals surface area contributed by atoms with Crippen molar-refractivity contribution in [1.29, 1.82) is 0 Å². The van der Waals surface area contributed by atoms with Gasteiger partial charge in [0.25, 0.3) is 0 Å². The molecule has 0 aliphatic carbocycles. The monoisotopic (exact) mass is 349 g/mol. The minimum absolute atomic E-state index is 0.0565. The molecule has 2 atom stereocenters. The molecule has 6 nitrogen and oxygen atoms in total. The largest absolute Gasteiger partial charge is 0.323 e. The summed E-state index contributed by atoms with van der Waals surface area (Å²) in [6.07, 6.45) is 3.50. The average Bonchev–Trinajstić information content (AvgIpc) is 3.21. The number of carbonyl (C=O) groups is 1. The van der Waals surface area contributed by atoms with Crippen LogP contribution in [0.2, 0.25) is 0 Å². The average molecular weight is 349 g/mol. The summed E-state index contributed by atoms with van der Waals surface area (Å²) < 4.78 is 0. The van der Waals surface area contributed by atoms with Crippen LogP contribution in [0.1, 0.15) is 19.3 Å². The van der Waals surface area contributed by atoms with Gasteiger partial charge in [-0.1, -0.05) is 11.3 Å². The molecule has 2 bridgehead atoms. The Morgan fingerprint density at radius 1 is 1.30 bits per heavy atom. The molecule has 1 N–H and O–H groups in total. The molecule has 4 heterocycles. The third-order valence-electron chi connectivity index (χ3n) is 4.84. The highest BCUT2D eigenvalue weighted by molar-refractivity contribution is 7.19. The summed E-state index contributed by atoms with van der Waals surface area (Å²) in [5.74, 6) is 0. The lowest BCUT2D eigenvalue weighted by Crippen LogP contribution is -2.41. The van der Waals surface area contributed by atoms with Gasteiger partial charge in [0.05, 0.1) is 0 Å². The molecule has 4 rings (SSSR count). The van der Waals surface area contributed by atoms with E-state index >= 15 is 0 Å². The van der Waals surface area contributed by atoms with Crippen LogP contribution in [0.15, 0.2) is 16.8 Å². The van der Waals surface area contributed by atoms with Crippen molar-refractivity contribution in [2.45, 2.75) is 31.3 Å². The number of nitrogens with zero attached hydrogens (tertiary/aromatic N) is 4. The van der Waals surface area contributed by atoms with Crippen molar-refractivity contribution in [3.8, 4) is 10.6 Å². The lowest BCUT2D eigenvalue weighted by atomic mass is 10.1. The first-order valence-electron chi connectivity index (χ1n) is 7.84. The zero-order valence-corrected chi connectivity index (χ0v) is 14.6. The Kier molecular flexibility index (Phi) is 4.04. The fraction of sp³-hybridized carbons (Fsp3) is 0.533. The van der Waals surface area contributed by atoms with Gasteiger partial charge < -0.3 is 4.90 Å². The van der Waals surface area contributed by atoms with E-state index in [2.05, 4.69) is 27.5 Å². The van der Waals surface area contributed by atoms with Gasteiger partial charge in [-0.2, -0.15) is 11.3 Å². The summed E-state index contributed by atoms with van der Waals surface area (Å²) in [6, 6.07) is 3.07. The summed E-state index contributed by atoms with van der Waals surface area (Å²) in [6.45, 7) is 1.61. The lowest BCUT2D eigenvalue weighted by molar-refractivity contribution is 0.200. The van der Waals surface area contributed by atoms with Crippen LogP contribution in [0.5, 0.6) is 0 Å². The summed E-state index contributed by atoms with van der Waals surface area (Å²) in [4.78, 5) is 16.9. The predicted octanol–water partition coefficient (Wildman–Crippen LogP) is 2.97. The smallest absolute Gasteiger partial charge is 0.323 e. The normalized spacial score (nSPS) is 24.7. The number of urea groups is 1. The number of carbonyl (C=O) groups excluding carboxylic acids is 1. The molecule has 2 aliphatic heterocycles. The Bertz CT molecular complexity index is 686.